The van der Waals surface area contributed by atoms with Crippen LogP contribution in [0, 0.1) is 0 Å². The van der Waals surface area contributed by atoms with Crippen LogP contribution in [0.3, 0.4) is 0 Å². The largest absolute Gasteiger partial charge is 0.483 e. The number of carboxylic acids is 1. The molecule has 114 valence electrons. The van der Waals surface area contributed by atoms with Crippen molar-refractivity contribution in [3.8, 4) is 5.75 Å². The molecule has 2 rings (SSSR count). The number of likely N-dealkylation sites (tertiary alicyclic amines) is 1. The molecule has 21 heavy (non-hydrogen) atoms. The van der Waals surface area contributed by atoms with Crippen LogP contribution in [-0.2, 0) is 16.0 Å². The quantitative estimate of drug-likeness (QED) is 0.902. The number of hydrogen-bond acceptors (Lipinski definition) is 3. The topological polar surface area (TPSA) is 66.8 Å². The Morgan fingerprint density at radius 3 is 2.81 bits per heavy atom. The summed E-state index contributed by atoms with van der Waals surface area (Å²) in [4.78, 5) is 24.9. The first-order valence-electron chi connectivity index (χ1n) is 7.36. The zero-order valence-electron chi connectivity index (χ0n) is 12.2. The molecule has 0 aliphatic carbocycles. The van der Waals surface area contributed by atoms with E-state index in [2.05, 4.69) is 0 Å². The first-order valence-corrected chi connectivity index (χ1v) is 7.36. The van der Waals surface area contributed by atoms with Crippen molar-refractivity contribution in [3.63, 3.8) is 0 Å². The number of benzene rings is 1. The standard InChI is InChI=1S/C16H21NO4/c1-2-12-7-3-4-9-14(12)21-11-15(18)17-10-6-5-8-13(17)16(19)20/h3-4,7,9,13H,2,5-6,8,10-11H2,1H3,(H,19,20)/t13-/m1/s1. The number of aryl methyl sites for hydroxylation is 1. The molecule has 0 radical (unpaired) electrons. The molecule has 1 N–H and O–H groups in total. The molecule has 1 aromatic rings. The third kappa shape index (κ3) is 3.74. The van der Waals surface area contributed by atoms with Gasteiger partial charge in [-0.15, -0.1) is 0 Å². The normalized spacial score (nSPS) is 18.3. The maximum atomic E-state index is 12.2. The predicted molar refractivity (Wildman–Crippen MR) is 78.3 cm³/mol. The van der Waals surface area contributed by atoms with Crippen molar-refractivity contribution in [3.05, 3.63) is 29.8 Å². The van der Waals surface area contributed by atoms with Crippen LogP contribution in [0.5, 0.6) is 5.75 Å². The van der Waals surface area contributed by atoms with Crippen molar-refractivity contribution >= 4 is 11.9 Å². The van der Waals surface area contributed by atoms with Crippen LogP contribution in [0.2, 0.25) is 0 Å². The molecular formula is C16H21NO4. The van der Waals surface area contributed by atoms with Gasteiger partial charge in [-0.2, -0.15) is 0 Å². The average molecular weight is 291 g/mol. The van der Waals surface area contributed by atoms with Gasteiger partial charge in [-0.25, -0.2) is 4.79 Å². The zero-order chi connectivity index (χ0) is 15.2. The molecule has 5 nitrogen and oxygen atoms in total. The number of carboxylic acid groups (broad SMARTS) is 1. The van der Waals surface area contributed by atoms with E-state index in [1.165, 1.54) is 4.90 Å². The monoisotopic (exact) mass is 291 g/mol. The molecule has 1 fully saturated rings. The minimum Gasteiger partial charge on any atom is -0.483 e. The third-order valence-electron chi connectivity index (χ3n) is 3.81. The number of amides is 1. The number of rotatable bonds is 5. The van der Waals surface area contributed by atoms with Gasteiger partial charge >= 0.3 is 5.97 Å². The highest BCUT2D eigenvalue weighted by atomic mass is 16.5. The maximum absolute atomic E-state index is 12.2. The highest BCUT2D eigenvalue weighted by Crippen LogP contribution is 2.20. The first-order chi connectivity index (χ1) is 10.1. The van der Waals surface area contributed by atoms with Crippen LogP contribution in [-0.4, -0.2) is 41.1 Å². The van der Waals surface area contributed by atoms with Crippen molar-refractivity contribution in [1.82, 2.24) is 4.90 Å². The Kier molecular flexibility index (Phi) is 5.20. The Morgan fingerprint density at radius 2 is 2.10 bits per heavy atom. The molecular weight excluding hydrogens is 270 g/mol. The summed E-state index contributed by atoms with van der Waals surface area (Å²) in [6, 6.07) is 6.87. The SMILES string of the molecule is CCc1ccccc1OCC(=O)N1CCCC[C@@H]1C(=O)O. The van der Waals surface area contributed by atoms with E-state index >= 15 is 0 Å². The van der Waals surface area contributed by atoms with E-state index in [1.54, 1.807) is 0 Å². The van der Waals surface area contributed by atoms with E-state index in [-0.39, 0.29) is 12.5 Å². The van der Waals surface area contributed by atoms with Crippen LogP contribution in [0.25, 0.3) is 0 Å². The summed E-state index contributed by atoms with van der Waals surface area (Å²) in [5.41, 5.74) is 1.04. The van der Waals surface area contributed by atoms with E-state index in [0.717, 1.165) is 24.8 Å². The van der Waals surface area contributed by atoms with Gasteiger partial charge in [-0.3, -0.25) is 4.79 Å². The fourth-order valence-electron chi connectivity index (χ4n) is 2.65. The fourth-order valence-corrected chi connectivity index (χ4v) is 2.65. The number of para-hydroxylation sites is 1. The number of carbonyl (C=O) groups excluding carboxylic acids is 1. The Bertz CT molecular complexity index is 515. The lowest BCUT2D eigenvalue weighted by atomic mass is 10.0. The molecule has 1 saturated heterocycles. The molecule has 0 aromatic heterocycles. The molecule has 0 spiro atoms. The van der Waals surface area contributed by atoms with Crippen molar-refractivity contribution in [1.29, 1.82) is 0 Å². The van der Waals surface area contributed by atoms with Gasteiger partial charge in [0, 0.05) is 6.54 Å². The number of nitrogens with zero attached hydrogens (tertiary/aromatic N) is 1. The zero-order valence-corrected chi connectivity index (χ0v) is 12.2. The van der Waals surface area contributed by atoms with Crippen molar-refractivity contribution in [2.24, 2.45) is 0 Å². The minimum absolute atomic E-state index is 0.110. The number of hydrogen-bond donors (Lipinski definition) is 1. The van der Waals surface area contributed by atoms with Gasteiger partial charge < -0.3 is 14.7 Å². The Balaban J connectivity index is 1.99. The van der Waals surface area contributed by atoms with Crippen molar-refractivity contribution < 1.29 is 19.4 Å². The molecule has 1 amide bonds. The molecule has 0 saturated carbocycles. The summed E-state index contributed by atoms with van der Waals surface area (Å²) in [5, 5.41) is 9.19. The van der Waals surface area contributed by atoms with E-state index < -0.39 is 12.0 Å². The van der Waals surface area contributed by atoms with Crippen molar-refractivity contribution in [2.45, 2.75) is 38.6 Å². The molecule has 1 heterocycles. The number of aliphatic carboxylic acids is 1. The Morgan fingerprint density at radius 1 is 1.33 bits per heavy atom. The second kappa shape index (κ2) is 7.11. The molecule has 1 atom stereocenters. The second-order valence-corrected chi connectivity index (χ2v) is 5.19. The molecule has 0 bridgehead atoms. The maximum Gasteiger partial charge on any atom is 0.326 e. The van der Waals surface area contributed by atoms with Crippen LogP contribution in [0.1, 0.15) is 31.7 Å². The van der Waals surface area contributed by atoms with E-state index in [9.17, 15) is 14.7 Å². The number of carbonyl (C=O) groups is 2. The summed E-state index contributed by atoms with van der Waals surface area (Å²) >= 11 is 0. The van der Waals surface area contributed by atoms with Crippen LogP contribution in [0.4, 0.5) is 0 Å². The molecule has 1 aromatic carbocycles. The Labute approximate surface area is 124 Å². The lowest BCUT2D eigenvalue weighted by Crippen LogP contribution is -2.49. The molecule has 1 aliphatic heterocycles. The summed E-state index contributed by atoms with van der Waals surface area (Å²) in [7, 11) is 0. The second-order valence-electron chi connectivity index (χ2n) is 5.19. The van der Waals surface area contributed by atoms with E-state index in [0.29, 0.717) is 18.7 Å². The van der Waals surface area contributed by atoms with Crippen LogP contribution >= 0.6 is 0 Å². The van der Waals surface area contributed by atoms with Crippen LogP contribution in [0.15, 0.2) is 24.3 Å². The first kappa shape index (κ1) is 15.4. The minimum atomic E-state index is -0.933. The highest BCUT2D eigenvalue weighted by Gasteiger charge is 2.31. The van der Waals surface area contributed by atoms with Crippen LogP contribution < -0.4 is 4.74 Å². The van der Waals surface area contributed by atoms with E-state index in [1.807, 2.05) is 31.2 Å². The number of ether oxygens (including phenoxy) is 1. The summed E-state index contributed by atoms with van der Waals surface area (Å²) in [5.74, 6) is -0.498. The molecule has 5 heteroatoms. The van der Waals surface area contributed by atoms with Gasteiger partial charge in [-0.1, -0.05) is 25.1 Å². The lowest BCUT2D eigenvalue weighted by Gasteiger charge is -2.32. The summed E-state index contributed by atoms with van der Waals surface area (Å²) < 4.78 is 5.59. The Hall–Kier alpha value is -2.04. The van der Waals surface area contributed by atoms with Gasteiger partial charge in [0.15, 0.2) is 6.61 Å². The molecule has 1 aliphatic rings. The van der Waals surface area contributed by atoms with E-state index in [4.69, 9.17) is 4.74 Å². The third-order valence-corrected chi connectivity index (χ3v) is 3.81. The van der Waals surface area contributed by atoms with Gasteiger partial charge in [0.25, 0.3) is 5.91 Å². The summed E-state index contributed by atoms with van der Waals surface area (Å²) in [6.07, 6.45) is 3.04. The summed E-state index contributed by atoms with van der Waals surface area (Å²) in [6.45, 7) is 2.41. The van der Waals surface area contributed by atoms with Gasteiger partial charge in [0.2, 0.25) is 0 Å². The van der Waals surface area contributed by atoms with Gasteiger partial charge in [0.1, 0.15) is 11.8 Å². The van der Waals surface area contributed by atoms with Gasteiger partial charge in [-0.05, 0) is 37.3 Å². The average Bonchev–Trinajstić information content (AvgIpc) is 2.52. The number of piperidine rings is 1. The molecule has 0 unspecified atom stereocenters. The highest BCUT2D eigenvalue weighted by molar-refractivity contribution is 5.84. The lowest BCUT2D eigenvalue weighted by molar-refractivity contribution is -0.152. The fraction of sp³-hybridized carbons (Fsp3) is 0.500. The smallest absolute Gasteiger partial charge is 0.326 e. The van der Waals surface area contributed by atoms with Crippen molar-refractivity contribution in [2.75, 3.05) is 13.2 Å². The van der Waals surface area contributed by atoms with Gasteiger partial charge in [0.05, 0.1) is 0 Å². The predicted octanol–water partition coefficient (Wildman–Crippen LogP) is 2.09.